The van der Waals surface area contributed by atoms with Crippen LogP contribution in [0.3, 0.4) is 0 Å². The molecule has 2 aromatic rings. The van der Waals surface area contributed by atoms with Crippen molar-refractivity contribution in [1.82, 2.24) is 0 Å². The highest BCUT2D eigenvalue weighted by atomic mass is 32.2. The van der Waals surface area contributed by atoms with E-state index in [2.05, 4.69) is 0 Å². The van der Waals surface area contributed by atoms with E-state index in [4.69, 9.17) is 0 Å². The van der Waals surface area contributed by atoms with E-state index in [1.807, 2.05) is 12.3 Å². The van der Waals surface area contributed by atoms with Gasteiger partial charge in [-0.1, -0.05) is 0 Å². The second-order valence-electron chi connectivity index (χ2n) is 2.80. The molecule has 1 aromatic carbocycles. The highest BCUT2D eigenvalue weighted by Gasteiger charge is 2.07. The summed E-state index contributed by atoms with van der Waals surface area (Å²) in [5.74, 6) is -0.356. The lowest BCUT2D eigenvalue weighted by atomic mass is 10.2. The van der Waals surface area contributed by atoms with Crippen molar-refractivity contribution in [2.45, 2.75) is 4.21 Å². The normalized spacial score (nSPS) is 10.7. The van der Waals surface area contributed by atoms with E-state index < -0.39 is 0 Å². The van der Waals surface area contributed by atoms with E-state index in [1.54, 1.807) is 11.8 Å². The molecule has 14 heavy (non-hydrogen) atoms. The van der Waals surface area contributed by atoms with Crippen LogP contribution in [0, 0.1) is 5.82 Å². The number of hydrogen-bond donors (Lipinski definition) is 0. The molecule has 2 rings (SSSR count). The molecule has 0 spiro atoms. The Bertz CT molecular complexity index is 490. The summed E-state index contributed by atoms with van der Waals surface area (Å²) >= 11 is 3.12. The molecule has 0 aliphatic rings. The van der Waals surface area contributed by atoms with Crippen LogP contribution >= 0.6 is 23.1 Å². The Labute approximate surface area is 88.9 Å². The van der Waals surface area contributed by atoms with E-state index in [9.17, 15) is 9.18 Å². The molecule has 0 aliphatic carbocycles. The summed E-state index contributed by atoms with van der Waals surface area (Å²) < 4.78 is 15.0. The fourth-order valence-electron chi connectivity index (χ4n) is 1.31. The van der Waals surface area contributed by atoms with Gasteiger partial charge >= 0.3 is 0 Å². The minimum Gasteiger partial charge on any atom is -0.298 e. The molecule has 0 atom stereocenters. The van der Waals surface area contributed by atoms with Crippen LogP contribution in [0.1, 0.15) is 10.4 Å². The van der Waals surface area contributed by atoms with Crippen molar-refractivity contribution >= 4 is 39.5 Å². The summed E-state index contributed by atoms with van der Waals surface area (Å²) in [5.41, 5.74) is 0.435. The number of halogens is 1. The molecule has 1 aromatic heterocycles. The molecule has 72 valence electrons. The maximum absolute atomic E-state index is 13.0. The summed E-state index contributed by atoms with van der Waals surface area (Å²) in [6.07, 6.45) is 2.66. The molecule has 0 bridgehead atoms. The lowest BCUT2D eigenvalue weighted by molar-refractivity contribution is 0.112. The van der Waals surface area contributed by atoms with E-state index in [0.717, 1.165) is 14.3 Å². The minimum absolute atomic E-state index is 0.356. The van der Waals surface area contributed by atoms with E-state index in [-0.39, 0.29) is 5.82 Å². The second-order valence-corrected chi connectivity index (χ2v) is 4.96. The Morgan fingerprint density at radius 3 is 2.86 bits per heavy atom. The maximum Gasteiger partial charge on any atom is 0.151 e. The number of hydrogen-bond acceptors (Lipinski definition) is 3. The monoisotopic (exact) mass is 226 g/mol. The zero-order valence-electron chi connectivity index (χ0n) is 7.41. The van der Waals surface area contributed by atoms with Gasteiger partial charge in [-0.05, 0) is 29.8 Å². The Kier molecular flexibility index (Phi) is 2.56. The largest absolute Gasteiger partial charge is 0.298 e. The molecule has 4 heteroatoms. The van der Waals surface area contributed by atoms with Gasteiger partial charge in [-0.2, -0.15) is 0 Å². The van der Waals surface area contributed by atoms with Gasteiger partial charge in [0.25, 0.3) is 0 Å². The Morgan fingerprint density at radius 1 is 1.43 bits per heavy atom. The highest BCUT2D eigenvalue weighted by Crippen LogP contribution is 2.33. The number of aldehydes is 1. The molecule has 0 N–H and O–H groups in total. The third-order valence-corrected chi connectivity index (χ3v) is 4.18. The molecule has 0 unspecified atom stereocenters. The lowest BCUT2D eigenvalue weighted by Gasteiger charge is -1.93. The zero-order chi connectivity index (χ0) is 10.1. The standard InChI is InChI=1S/C10H7FOS2/c1-13-9-4-6-2-8(11)3-7(5-12)10(6)14-9/h2-5H,1H3. The van der Waals surface area contributed by atoms with Gasteiger partial charge < -0.3 is 0 Å². The second kappa shape index (κ2) is 3.71. The van der Waals surface area contributed by atoms with Gasteiger partial charge in [0.05, 0.1) is 4.21 Å². The molecule has 0 amide bonds. The minimum atomic E-state index is -0.356. The Hall–Kier alpha value is -0.870. The molecule has 0 saturated carbocycles. The van der Waals surface area contributed by atoms with Crippen LogP contribution in [0.4, 0.5) is 4.39 Å². The zero-order valence-corrected chi connectivity index (χ0v) is 9.05. The quantitative estimate of drug-likeness (QED) is 0.575. The van der Waals surface area contributed by atoms with Crippen molar-refractivity contribution < 1.29 is 9.18 Å². The van der Waals surface area contributed by atoms with Crippen molar-refractivity contribution in [3.05, 3.63) is 29.6 Å². The highest BCUT2D eigenvalue weighted by molar-refractivity contribution is 8.00. The first-order valence-electron chi connectivity index (χ1n) is 3.97. The van der Waals surface area contributed by atoms with E-state index >= 15 is 0 Å². The van der Waals surface area contributed by atoms with Gasteiger partial charge in [-0.3, -0.25) is 4.79 Å². The summed E-state index contributed by atoms with van der Waals surface area (Å²) in [6, 6.07) is 4.63. The van der Waals surface area contributed by atoms with E-state index in [0.29, 0.717) is 11.8 Å². The van der Waals surface area contributed by atoms with Gasteiger partial charge in [-0.25, -0.2) is 4.39 Å². The first-order chi connectivity index (χ1) is 6.74. The van der Waals surface area contributed by atoms with Gasteiger partial charge in [-0.15, -0.1) is 23.1 Å². The summed E-state index contributed by atoms with van der Waals surface area (Å²) in [4.78, 5) is 10.7. The number of benzene rings is 1. The molecular formula is C10H7FOS2. The summed E-state index contributed by atoms with van der Waals surface area (Å²) in [6.45, 7) is 0. The molecule has 1 nitrogen and oxygen atoms in total. The van der Waals surface area contributed by atoms with Crippen LogP contribution in [-0.2, 0) is 0 Å². The molecule has 0 fully saturated rings. The molecular weight excluding hydrogens is 219 g/mol. The third-order valence-electron chi connectivity index (χ3n) is 1.92. The van der Waals surface area contributed by atoms with Crippen LogP contribution in [0.25, 0.3) is 10.1 Å². The van der Waals surface area contributed by atoms with Gasteiger partial charge in [0.2, 0.25) is 0 Å². The number of carbonyl (C=O) groups is 1. The first-order valence-corrected chi connectivity index (χ1v) is 6.01. The van der Waals surface area contributed by atoms with Gasteiger partial charge in [0, 0.05) is 10.3 Å². The number of thiophene rings is 1. The predicted octanol–water partition coefficient (Wildman–Crippen LogP) is 3.57. The smallest absolute Gasteiger partial charge is 0.151 e. The average Bonchev–Trinajstić information content (AvgIpc) is 2.59. The Balaban J connectivity index is 2.77. The number of carbonyl (C=O) groups excluding carboxylic acids is 1. The van der Waals surface area contributed by atoms with Crippen molar-refractivity contribution in [1.29, 1.82) is 0 Å². The van der Waals surface area contributed by atoms with Gasteiger partial charge in [0.15, 0.2) is 6.29 Å². The van der Waals surface area contributed by atoms with Crippen molar-refractivity contribution in [3.8, 4) is 0 Å². The van der Waals surface area contributed by atoms with E-state index in [1.165, 1.54) is 23.5 Å². The van der Waals surface area contributed by atoms with Gasteiger partial charge in [0.1, 0.15) is 5.82 Å². The number of thioether (sulfide) groups is 1. The van der Waals surface area contributed by atoms with Crippen LogP contribution in [-0.4, -0.2) is 12.5 Å². The van der Waals surface area contributed by atoms with Crippen LogP contribution in [0.15, 0.2) is 22.4 Å². The lowest BCUT2D eigenvalue weighted by Crippen LogP contribution is -1.81. The SMILES string of the molecule is CSc1cc2cc(F)cc(C=O)c2s1. The molecule has 1 heterocycles. The summed E-state index contributed by atoms with van der Waals surface area (Å²) in [5, 5.41) is 0.807. The summed E-state index contributed by atoms with van der Waals surface area (Å²) in [7, 11) is 0. The van der Waals surface area contributed by atoms with Crippen LogP contribution in [0.5, 0.6) is 0 Å². The predicted molar refractivity (Wildman–Crippen MR) is 59.0 cm³/mol. The third kappa shape index (κ3) is 1.55. The Morgan fingerprint density at radius 2 is 2.21 bits per heavy atom. The van der Waals surface area contributed by atoms with Crippen molar-refractivity contribution in [2.75, 3.05) is 6.26 Å². The number of rotatable bonds is 2. The molecule has 0 saturated heterocycles. The average molecular weight is 226 g/mol. The topological polar surface area (TPSA) is 17.1 Å². The fraction of sp³-hybridized carbons (Fsp3) is 0.100. The van der Waals surface area contributed by atoms with Crippen LogP contribution < -0.4 is 0 Å². The number of fused-ring (bicyclic) bond motifs is 1. The van der Waals surface area contributed by atoms with Crippen LogP contribution in [0.2, 0.25) is 0 Å². The van der Waals surface area contributed by atoms with Crippen molar-refractivity contribution in [2.24, 2.45) is 0 Å². The fourth-order valence-corrected chi connectivity index (χ4v) is 2.98. The maximum atomic E-state index is 13.0. The first kappa shape index (κ1) is 9.68. The molecule has 0 radical (unpaired) electrons. The van der Waals surface area contributed by atoms with Crippen molar-refractivity contribution in [3.63, 3.8) is 0 Å². The molecule has 0 aliphatic heterocycles.